The molecule has 7 nitrogen and oxygen atoms in total. The van der Waals surface area contributed by atoms with Gasteiger partial charge in [0.05, 0.1) is 19.1 Å². The van der Waals surface area contributed by atoms with Crippen LogP contribution in [0.25, 0.3) is 0 Å². The van der Waals surface area contributed by atoms with Gasteiger partial charge in [0, 0.05) is 12.1 Å². The number of aliphatic imine (C=N–C) groups is 1. The van der Waals surface area contributed by atoms with Crippen LogP contribution in [0, 0.1) is 5.92 Å². The van der Waals surface area contributed by atoms with Crippen molar-refractivity contribution in [2.24, 2.45) is 10.9 Å². The lowest BCUT2D eigenvalue weighted by atomic mass is 9.81. The van der Waals surface area contributed by atoms with Crippen molar-refractivity contribution in [3.8, 4) is 17.2 Å². The van der Waals surface area contributed by atoms with Crippen LogP contribution in [-0.2, 0) is 17.6 Å². The summed E-state index contributed by atoms with van der Waals surface area (Å²) in [4.78, 5) is 30.3. The van der Waals surface area contributed by atoms with E-state index in [1.165, 1.54) is 7.11 Å². The number of rotatable bonds is 9. The Morgan fingerprint density at radius 1 is 0.943 bits per heavy atom. The normalized spacial score (nSPS) is 17.4. The van der Waals surface area contributed by atoms with Gasteiger partial charge in [-0.05, 0) is 60.2 Å². The lowest BCUT2D eigenvalue weighted by molar-refractivity contribution is -0.121. The van der Waals surface area contributed by atoms with Crippen molar-refractivity contribution in [1.82, 2.24) is 5.32 Å². The van der Waals surface area contributed by atoms with Crippen LogP contribution in [0.1, 0.15) is 35.6 Å². The number of nitrogens with one attached hydrogen (secondary N) is 1. The van der Waals surface area contributed by atoms with Crippen molar-refractivity contribution < 1.29 is 24.5 Å². The van der Waals surface area contributed by atoms with Crippen LogP contribution < -0.4 is 10.1 Å². The number of ketones is 1. The summed E-state index contributed by atoms with van der Waals surface area (Å²) in [6.45, 7) is 0. The topological polar surface area (TPSA) is 108 Å². The lowest BCUT2D eigenvalue weighted by Gasteiger charge is -2.32. The van der Waals surface area contributed by atoms with E-state index in [0.29, 0.717) is 30.7 Å². The first kappa shape index (κ1) is 24.0. The fourth-order valence-corrected chi connectivity index (χ4v) is 4.40. The number of urea groups is 1. The molecule has 2 unspecified atom stereocenters. The van der Waals surface area contributed by atoms with E-state index in [0.717, 1.165) is 16.7 Å². The van der Waals surface area contributed by atoms with Crippen LogP contribution >= 0.6 is 0 Å². The number of amides is 2. The van der Waals surface area contributed by atoms with Gasteiger partial charge in [-0.15, -0.1) is 0 Å². The summed E-state index contributed by atoms with van der Waals surface area (Å²) in [6.07, 6.45) is 1.75. The molecule has 3 aromatic rings. The molecule has 1 aliphatic rings. The second-order valence-electron chi connectivity index (χ2n) is 8.56. The minimum atomic E-state index is -0.591. The van der Waals surface area contributed by atoms with Gasteiger partial charge in [-0.25, -0.2) is 9.79 Å². The predicted molar refractivity (Wildman–Crippen MR) is 133 cm³/mol. The van der Waals surface area contributed by atoms with Gasteiger partial charge in [0.15, 0.2) is 11.5 Å². The van der Waals surface area contributed by atoms with Gasteiger partial charge in [0.25, 0.3) is 0 Å². The number of benzene rings is 3. The van der Waals surface area contributed by atoms with E-state index in [2.05, 4.69) is 10.3 Å². The summed E-state index contributed by atoms with van der Waals surface area (Å²) in [5.41, 5.74) is 3.26. The van der Waals surface area contributed by atoms with E-state index >= 15 is 0 Å². The molecule has 1 heterocycles. The summed E-state index contributed by atoms with van der Waals surface area (Å²) >= 11 is 0. The van der Waals surface area contributed by atoms with Gasteiger partial charge >= 0.3 is 6.03 Å². The molecule has 2 amide bonds. The quantitative estimate of drug-likeness (QED) is 0.416. The molecule has 0 aliphatic carbocycles. The van der Waals surface area contributed by atoms with Crippen LogP contribution in [-0.4, -0.2) is 34.8 Å². The molecule has 0 radical (unpaired) electrons. The maximum atomic E-state index is 13.6. The van der Waals surface area contributed by atoms with Crippen LogP contribution in [0.2, 0.25) is 0 Å². The molecule has 0 fully saturated rings. The number of phenolic OH excluding ortho intramolecular Hbond substituents is 2. The number of aromatic hydroxyl groups is 2. The van der Waals surface area contributed by atoms with E-state index in [-0.39, 0.29) is 23.7 Å². The summed E-state index contributed by atoms with van der Waals surface area (Å²) in [5.74, 6) is -0.0173. The van der Waals surface area contributed by atoms with Crippen molar-refractivity contribution in [2.45, 2.75) is 31.7 Å². The van der Waals surface area contributed by atoms with Crippen molar-refractivity contribution in [1.29, 1.82) is 0 Å². The number of hydrogen-bond acceptors (Lipinski definition) is 5. The highest BCUT2D eigenvalue weighted by Crippen LogP contribution is 2.32. The Morgan fingerprint density at radius 2 is 1.66 bits per heavy atom. The zero-order valence-electron chi connectivity index (χ0n) is 19.5. The molecule has 7 heteroatoms. The summed E-state index contributed by atoms with van der Waals surface area (Å²) in [6, 6.07) is 20.4. The van der Waals surface area contributed by atoms with Gasteiger partial charge in [0.1, 0.15) is 11.5 Å². The summed E-state index contributed by atoms with van der Waals surface area (Å²) in [7, 11) is 1.48. The first-order valence-corrected chi connectivity index (χ1v) is 11.5. The first-order chi connectivity index (χ1) is 16.9. The molecule has 180 valence electrons. The third-order valence-corrected chi connectivity index (χ3v) is 6.23. The highest BCUT2D eigenvalue weighted by Gasteiger charge is 2.37. The molecule has 35 heavy (non-hydrogen) atoms. The number of nitrogens with zero attached hydrogens (tertiary/aromatic N) is 1. The Kier molecular flexibility index (Phi) is 7.45. The molecule has 0 spiro atoms. The third kappa shape index (κ3) is 5.87. The maximum absolute atomic E-state index is 13.6. The molecule has 3 aromatic carbocycles. The predicted octanol–water partition coefficient (Wildman–Crippen LogP) is 4.76. The van der Waals surface area contributed by atoms with Crippen molar-refractivity contribution >= 4 is 17.5 Å². The molecule has 2 atom stereocenters. The van der Waals surface area contributed by atoms with Crippen molar-refractivity contribution in [3.05, 3.63) is 89.5 Å². The Morgan fingerprint density at radius 3 is 2.37 bits per heavy atom. The van der Waals surface area contributed by atoms with Gasteiger partial charge in [-0.3, -0.25) is 4.79 Å². The summed E-state index contributed by atoms with van der Waals surface area (Å²) in [5, 5.41) is 22.3. The molecule has 0 saturated heterocycles. The highest BCUT2D eigenvalue weighted by molar-refractivity contribution is 6.11. The second-order valence-corrected chi connectivity index (χ2v) is 8.56. The van der Waals surface area contributed by atoms with Crippen molar-refractivity contribution in [3.63, 3.8) is 0 Å². The minimum Gasteiger partial charge on any atom is -0.508 e. The van der Waals surface area contributed by atoms with Gasteiger partial charge < -0.3 is 20.3 Å². The van der Waals surface area contributed by atoms with E-state index < -0.39 is 18.0 Å². The number of Topliss-reactive ketones (excluding diaryl/α,β-unsaturated/α-hetero) is 1. The number of carbonyl (C=O) groups is 2. The molecule has 1 aliphatic heterocycles. The summed E-state index contributed by atoms with van der Waals surface area (Å²) < 4.78 is 5.18. The van der Waals surface area contributed by atoms with E-state index in [1.807, 2.05) is 42.5 Å². The molecule has 4 rings (SSSR count). The van der Waals surface area contributed by atoms with Gasteiger partial charge in [-0.1, -0.05) is 48.5 Å². The Balaban J connectivity index is 1.57. The molecule has 0 saturated carbocycles. The minimum absolute atomic E-state index is 0.0182. The molecule has 0 aromatic heterocycles. The van der Waals surface area contributed by atoms with Gasteiger partial charge in [-0.2, -0.15) is 0 Å². The second kappa shape index (κ2) is 10.9. The van der Waals surface area contributed by atoms with E-state index in [1.54, 1.807) is 30.3 Å². The Hall–Kier alpha value is -4.13. The number of methoxy groups -OCH3 is 1. The Labute approximate surface area is 204 Å². The Bertz CT molecular complexity index is 1220. The smallest absolute Gasteiger partial charge is 0.341 e. The maximum Gasteiger partial charge on any atom is 0.341 e. The van der Waals surface area contributed by atoms with Gasteiger partial charge in [0.2, 0.25) is 0 Å². The first-order valence-electron chi connectivity index (χ1n) is 11.5. The number of ether oxygens (including phenoxy) is 1. The van der Waals surface area contributed by atoms with Crippen molar-refractivity contribution in [2.75, 3.05) is 7.11 Å². The third-order valence-electron chi connectivity index (χ3n) is 6.23. The number of carbonyl (C=O) groups excluding carboxylic acids is 2. The monoisotopic (exact) mass is 472 g/mol. The van der Waals surface area contributed by atoms with Crippen LogP contribution in [0.4, 0.5) is 4.79 Å². The van der Waals surface area contributed by atoms with Crippen LogP contribution in [0.15, 0.2) is 77.8 Å². The highest BCUT2D eigenvalue weighted by atomic mass is 16.5. The average molecular weight is 473 g/mol. The molecular formula is C28H28N2O5. The molecule has 0 bridgehead atoms. The van der Waals surface area contributed by atoms with Crippen LogP contribution in [0.5, 0.6) is 17.2 Å². The fourth-order valence-electron chi connectivity index (χ4n) is 4.40. The lowest BCUT2D eigenvalue weighted by Crippen LogP contribution is -2.44. The number of hydrogen-bond donors (Lipinski definition) is 3. The molecule has 3 N–H and O–H groups in total. The number of aryl methyl sites for hydroxylation is 2. The zero-order chi connectivity index (χ0) is 24.8. The largest absolute Gasteiger partial charge is 0.508 e. The fraction of sp³-hybridized carbons (Fsp3) is 0.250. The molecular weight excluding hydrogens is 444 g/mol. The SMILES string of the molecule is COc1cc(CCC(=O)C2C(CCc3ccc(O)cc3)=NC(=O)NC2c2ccccc2)ccc1O. The van der Waals surface area contributed by atoms with E-state index in [4.69, 9.17) is 4.74 Å². The average Bonchev–Trinajstić information content (AvgIpc) is 2.87. The van der Waals surface area contributed by atoms with E-state index in [9.17, 15) is 19.8 Å². The zero-order valence-corrected chi connectivity index (χ0v) is 19.5. The number of phenols is 2. The van der Waals surface area contributed by atoms with Crippen LogP contribution in [0.3, 0.4) is 0 Å². The standard InChI is InChI=1S/C28H28N2O5/c1-35-25-17-19(10-15-23(25)32)11-16-24(33)26-22(14-9-18-7-12-21(31)13-8-18)29-28(34)30-27(26)20-5-3-2-4-6-20/h2-8,10,12-13,15,17,26-27,31-32H,9,11,14,16H2,1H3,(H,30,34).